The molecule has 4 heteroatoms. The Balaban J connectivity index is 1.94. The van der Waals surface area contributed by atoms with Crippen LogP contribution in [0.4, 0.5) is 4.39 Å². The van der Waals surface area contributed by atoms with Crippen LogP contribution in [0, 0.1) is 18.7 Å². The summed E-state index contributed by atoms with van der Waals surface area (Å²) in [5.41, 5.74) is 2.82. The average molecular weight is 347 g/mol. The minimum Gasteiger partial charge on any atom is -0.279 e. The second kappa shape index (κ2) is 6.20. The molecule has 0 bridgehead atoms. The minimum atomic E-state index is -0.214. The molecule has 0 N–H and O–H groups in total. The standard InChI is InChI=1S/C22H22FN3/c1-4-12-22(14-15(22)2)20-13-17(23)10-11-19(20)21-25-24-16(3)26(21)18-8-6-5-7-9-18/h4-13,15H,14H2,1-3H3/b12-4-. The van der Waals surface area contributed by atoms with Gasteiger partial charge in [0.2, 0.25) is 0 Å². The van der Waals surface area contributed by atoms with Gasteiger partial charge in [-0.1, -0.05) is 37.3 Å². The van der Waals surface area contributed by atoms with Crippen molar-refractivity contribution in [1.29, 1.82) is 0 Å². The molecular weight excluding hydrogens is 325 g/mol. The zero-order valence-corrected chi connectivity index (χ0v) is 15.3. The highest BCUT2D eigenvalue weighted by Gasteiger charge is 2.51. The first-order valence-corrected chi connectivity index (χ1v) is 8.98. The molecule has 4 rings (SSSR count). The van der Waals surface area contributed by atoms with Gasteiger partial charge in [-0.3, -0.25) is 4.57 Å². The van der Waals surface area contributed by atoms with Gasteiger partial charge in [-0.15, -0.1) is 10.2 Å². The Morgan fingerprint density at radius 2 is 1.88 bits per heavy atom. The van der Waals surface area contributed by atoms with E-state index in [9.17, 15) is 4.39 Å². The monoisotopic (exact) mass is 347 g/mol. The largest absolute Gasteiger partial charge is 0.279 e. The zero-order chi connectivity index (χ0) is 18.3. The van der Waals surface area contributed by atoms with Gasteiger partial charge in [-0.2, -0.15) is 0 Å². The van der Waals surface area contributed by atoms with E-state index in [-0.39, 0.29) is 11.2 Å². The highest BCUT2D eigenvalue weighted by molar-refractivity contribution is 5.67. The Hall–Kier alpha value is -2.75. The van der Waals surface area contributed by atoms with E-state index < -0.39 is 0 Å². The lowest BCUT2D eigenvalue weighted by molar-refractivity contribution is 0.621. The average Bonchev–Trinajstić information content (AvgIpc) is 3.13. The van der Waals surface area contributed by atoms with E-state index >= 15 is 0 Å². The van der Waals surface area contributed by atoms with Gasteiger partial charge in [0, 0.05) is 16.7 Å². The van der Waals surface area contributed by atoms with Gasteiger partial charge in [0.05, 0.1) is 0 Å². The van der Waals surface area contributed by atoms with E-state index in [0.29, 0.717) is 5.92 Å². The molecule has 1 fully saturated rings. The Morgan fingerprint density at radius 1 is 1.15 bits per heavy atom. The molecule has 2 unspecified atom stereocenters. The molecule has 0 amide bonds. The molecule has 2 aromatic carbocycles. The van der Waals surface area contributed by atoms with Crippen LogP contribution in [0.3, 0.4) is 0 Å². The highest BCUT2D eigenvalue weighted by Crippen LogP contribution is 2.57. The predicted octanol–water partition coefficient (Wildman–Crippen LogP) is 5.24. The van der Waals surface area contributed by atoms with Crippen LogP contribution in [-0.2, 0) is 5.41 Å². The van der Waals surface area contributed by atoms with Crippen LogP contribution in [0.25, 0.3) is 17.1 Å². The summed E-state index contributed by atoms with van der Waals surface area (Å²) in [6, 6.07) is 15.0. The molecule has 0 aliphatic heterocycles. The first-order chi connectivity index (χ1) is 12.6. The number of aryl methyl sites for hydroxylation is 1. The molecule has 0 saturated heterocycles. The van der Waals surface area contributed by atoms with E-state index in [1.165, 1.54) is 6.07 Å². The van der Waals surface area contributed by atoms with Gasteiger partial charge in [0.25, 0.3) is 0 Å². The van der Waals surface area contributed by atoms with Gasteiger partial charge in [0.15, 0.2) is 5.82 Å². The first-order valence-electron chi connectivity index (χ1n) is 8.98. The van der Waals surface area contributed by atoms with Crippen molar-refractivity contribution < 1.29 is 4.39 Å². The van der Waals surface area contributed by atoms with Crippen molar-refractivity contribution in [3.8, 4) is 17.1 Å². The molecule has 1 aliphatic rings. The van der Waals surface area contributed by atoms with Gasteiger partial charge in [0.1, 0.15) is 11.6 Å². The van der Waals surface area contributed by atoms with E-state index in [0.717, 1.165) is 34.9 Å². The Morgan fingerprint density at radius 3 is 2.54 bits per heavy atom. The van der Waals surface area contributed by atoms with Crippen molar-refractivity contribution in [3.05, 3.63) is 77.9 Å². The second-order valence-electron chi connectivity index (χ2n) is 7.08. The van der Waals surface area contributed by atoms with Crippen LogP contribution in [0.1, 0.15) is 31.7 Å². The maximum absolute atomic E-state index is 14.2. The normalized spacial score (nSPS) is 22.1. The number of benzene rings is 2. The topological polar surface area (TPSA) is 30.7 Å². The quantitative estimate of drug-likeness (QED) is 0.605. The second-order valence-corrected chi connectivity index (χ2v) is 7.08. The summed E-state index contributed by atoms with van der Waals surface area (Å²) in [5.74, 6) is 1.83. The summed E-state index contributed by atoms with van der Waals surface area (Å²) in [7, 11) is 0. The first kappa shape index (κ1) is 16.7. The molecule has 0 radical (unpaired) electrons. The van der Waals surface area contributed by atoms with Crippen molar-refractivity contribution in [2.24, 2.45) is 5.92 Å². The Bertz CT molecular complexity index is 974. The van der Waals surface area contributed by atoms with Gasteiger partial charge in [-0.05, 0) is 62.1 Å². The number of hydrogen-bond donors (Lipinski definition) is 0. The van der Waals surface area contributed by atoms with Crippen LogP contribution < -0.4 is 0 Å². The van der Waals surface area contributed by atoms with Gasteiger partial charge >= 0.3 is 0 Å². The summed E-state index contributed by atoms with van der Waals surface area (Å²) in [4.78, 5) is 0. The van der Waals surface area contributed by atoms with Crippen molar-refractivity contribution in [2.45, 2.75) is 32.6 Å². The molecule has 26 heavy (non-hydrogen) atoms. The zero-order valence-electron chi connectivity index (χ0n) is 15.3. The molecule has 3 nitrogen and oxygen atoms in total. The number of aromatic nitrogens is 3. The SMILES string of the molecule is C/C=C\C1(c2cc(F)ccc2-c2nnc(C)n2-c2ccccc2)CC1C. The van der Waals surface area contributed by atoms with Crippen molar-refractivity contribution in [2.75, 3.05) is 0 Å². The van der Waals surface area contributed by atoms with E-state index in [2.05, 4.69) is 29.3 Å². The van der Waals surface area contributed by atoms with Crippen molar-refractivity contribution in [3.63, 3.8) is 0 Å². The van der Waals surface area contributed by atoms with Crippen molar-refractivity contribution in [1.82, 2.24) is 14.8 Å². The third-order valence-corrected chi connectivity index (χ3v) is 5.39. The summed E-state index contributed by atoms with van der Waals surface area (Å²) in [5, 5.41) is 8.75. The molecular formula is C22H22FN3. The summed E-state index contributed by atoms with van der Waals surface area (Å²) in [6.45, 7) is 6.17. The smallest absolute Gasteiger partial charge is 0.168 e. The Labute approximate surface area is 153 Å². The maximum atomic E-state index is 14.2. The minimum absolute atomic E-state index is 0.118. The van der Waals surface area contributed by atoms with E-state index in [4.69, 9.17) is 0 Å². The number of hydrogen-bond acceptors (Lipinski definition) is 2. The van der Waals surface area contributed by atoms with Crippen LogP contribution in [0.15, 0.2) is 60.7 Å². The number of nitrogens with zero attached hydrogens (tertiary/aromatic N) is 3. The van der Waals surface area contributed by atoms with Gasteiger partial charge < -0.3 is 0 Å². The lowest BCUT2D eigenvalue weighted by Gasteiger charge is -2.18. The number of para-hydroxylation sites is 1. The maximum Gasteiger partial charge on any atom is 0.168 e. The molecule has 3 aromatic rings. The fourth-order valence-corrected chi connectivity index (χ4v) is 3.96. The fourth-order valence-electron chi connectivity index (χ4n) is 3.96. The third kappa shape index (κ3) is 2.57. The van der Waals surface area contributed by atoms with E-state index in [1.54, 1.807) is 6.07 Å². The lowest BCUT2D eigenvalue weighted by Crippen LogP contribution is -2.10. The highest BCUT2D eigenvalue weighted by atomic mass is 19.1. The summed E-state index contributed by atoms with van der Waals surface area (Å²) < 4.78 is 16.2. The molecule has 132 valence electrons. The van der Waals surface area contributed by atoms with Crippen LogP contribution in [0.5, 0.6) is 0 Å². The van der Waals surface area contributed by atoms with Crippen LogP contribution in [-0.4, -0.2) is 14.8 Å². The van der Waals surface area contributed by atoms with Crippen LogP contribution in [0.2, 0.25) is 0 Å². The molecule has 2 atom stereocenters. The lowest BCUT2D eigenvalue weighted by atomic mass is 9.88. The van der Waals surface area contributed by atoms with Crippen molar-refractivity contribution >= 4 is 0 Å². The predicted molar refractivity (Wildman–Crippen MR) is 102 cm³/mol. The molecule has 1 saturated carbocycles. The van der Waals surface area contributed by atoms with E-state index in [1.807, 2.05) is 54.8 Å². The van der Waals surface area contributed by atoms with Crippen LogP contribution >= 0.6 is 0 Å². The molecule has 1 heterocycles. The summed E-state index contributed by atoms with van der Waals surface area (Å²) >= 11 is 0. The molecule has 1 aromatic heterocycles. The summed E-state index contributed by atoms with van der Waals surface area (Å²) in [6.07, 6.45) is 5.28. The fraction of sp³-hybridized carbons (Fsp3) is 0.273. The molecule has 1 aliphatic carbocycles. The number of allylic oxidation sites excluding steroid dienone is 2. The van der Waals surface area contributed by atoms with Gasteiger partial charge in [-0.25, -0.2) is 4.39 Å². The molecule has 0 spiro atoms. The Kier molecular flexibility index (Phi) is 3.98. The number of halogens is 1. The third-order valence-electron chi connectivity index (χ3n) is 5.39. The number of rotatable bonds is 4.